The fourth-order valence-electron chi connectivity index (χ4n) is 3.22. The van der Waals surface area contributed by atoms with E-state index >= 15 is 0 Å². The van der Waals surface area contributed by atoms with E-state index in [9.17, 15) is 0 Å². The van der Waals surface area contributed by atoms with E-state index in [1.54, 1.807) is 12.8 Å². The molecule has 3 aliphatic carbocycles. The van der Waals surface area contributed by atoms with Crippen molar-refractivity contribution in [3.05, 3.63) is 0 Å². The van der Waals surface area contributed by atoms with Gasteiger partial charge in [0.2, 0.25) is 0 Å². The van der Waals surface area contributed by atoms with Crippen molar-refractivity contribution in [1.82, 2.24) is 0 Å². The molecule has 13 heavy (non-hydrogen) atoms. The van der Waals surface area contributed by atoms with Gasteiger partial charge in [-0.25, -0.2) is 0 Å². The zero-order valence-corrected chi connectivity index (χ0v) is 9.69. The summed E-state index contributed by atoms with van der Waals surface area (Å²) < 4.78 is 0. The molecule has 1 unspecified atom stereocenters. The van der Waals surface area contributed by atoms with Gasteiger partial charge in [0.25, 0.3) is 0 Å². The summed E-state index contributed by atoms with van der Waals surface area (Å²) in [6.45, 7) is 9.80. The molecule has 0 nitrogen and oxygen atoms in total. The summed E-state index contributed by atoms with van der Waals surface area (Å²) in [6, 6.07) is 0. The lowest BCUT2D eigenvalue weighted by Gasteiger charge is -2.43. The molecule has 0 saturated heterocycles. The SMILES string of the molecule is CC(C)(C)C1(C)CCC2CC(C2)C1. The number of hydrogen-bond acceptors (Lipinski definition) is 0. The first-order chi connectivity index (χ1) is 5.91. The van der Waals surface area contributed by atoms with Gasteiger partial charge in [0, 0.05) is 0 Å². The van der Waals surface area contributed by atoms with Crippen LogP contribution in [0.4, 0.5) is 0 Å². The molecule has 1 atom stereocenters. The Labute approximate surface area is 83.1 Å². The lowest BCUT2D eigenvalue weighted by molar-refractivity contribution is 0.0689. The summed E-state index contributed by atoms with van der Waals surface area (Å²) in [4.78, 5) is 0. The molecule has 2 bridgehead atoms. The van der Waals surface area contributed by atoms with Gasteiger partial charge in [-0.15, -0.1) is 0 Å². The smallest absolute Gasteiger partial charge is 0.0274 e. The highest BCUT2D eigenvalue weighted by Crippen LogP contribution is 2.56. The van der Waals surface area contributed by atoms with Crippen molar-refractivity contribution < 1.29 is 0 Å². The highest BCUT2D eigenvalue weighted by Gasteiger charge is 2.45. The lowest BCUT2D eigenvalue weighted by Crippen LogP contribution is -2.34. The van der Waals surface area contributed by atoms with Gasteiger partial charge < -0.3 is 0 Å². The van der Waals surface area contributed by atoms with Crippen LogP contribution in [0.1, 0.15) is 59.8 Å². The van der Waals surface area contributed by atoms with Crippen LogP contribution >= 0.6 is 0 Å². The van der Waals surface area contributed by atoms with Crippen molar-refractivity contribution in [2.45, 2.75) is 59.8 Å². The highest BCUT2D eigenvalue weighted by molar-refractivity contribution is 4.96. The molecule has 0 aliphatic heterocycles. The van der Waals surface area contributed by atoms with Crippen LogP contribution in [0.25, 0.3) is 0 Å². The molecule has 3 aliphatic rings. The van der Waals surface area contributed by atoms with E-state index in [0.29, 0.717) is 10.8 Å². The van der Waals surface area contributed by atoms with Crippen molar-refractivity contribution >= 4 is 0 Å². The number of hydrogen-bond donors (Lipinski definition) is 0. The fourth-order valence-corrected chi connectivity index (χ4v) is 3.22. The fraction of sp³-hybridized carbons (Fsp3) is 1.00. The zero-order chi connectivity index (χ0) is 9.69. The lowest BCUT2D eigenvalue weighted by atomic mass is 9.62. The first kappa shape index (κ1) is 9.55. The third-order valence-corrected chi connectivity index (χ3v) is 4.99. The monoisotopic (exact) mass is 180 g/mol. The minimum Gasteiger partial charge on any atom is -0.0597 e. The molecule has 3 rings (SSSR count). The molecule has 0 radical (unpaired) electrons. The summed E-state index contributed by atoms with van der Waals surface area (Å²) >= 11 is 0. The Bertz CT molecular complexity index is 193. The van der Waals surface area contributed by atoms with Crippen molar-refractivity contribution in [2.24, 2.45) is 22.7 Å². The number of rotatable bonds is 0. The van der Waals surface area contributed by atoms with E-state index in [1.165, 1.54) is 19.3 Å². The molecule has 0 aromatic heterocycles. The predicted octanol–water partition coefficient (Wildman–Crippen LogP) is 4.25. The maximum atomic E-state index is 2.52. The maximum absolute atomic E-state index is 2.52. The first-order valence-corrected chi connectivity index (χ1v) is 5.91. The second-order valence-corrected chi connectivity index (χ2v) is 6.76. The van der Waals surface area contributed by atoms with Crippen molar-refractivity contribution in [2.75, 3.05) is 0 Å². The molecule has 3 saturated carbocycles. The van der Waals surface area contributed by atoms with Gasteiger partial charge in [-0.3, -0.25) is 0 Å². The Balaban J connectivity index is 2.13. The Morgan fingerprint density at radius 1 is 1.08 bits per heavy atom. The minimum atomic E-state index is 0.504. The summed E-state index contributed by atoms with van der Waals surface area (Å²) in [6.07, 6.45) is 7.56. The topological polar surface area (TPSA) is 0 Å². The second kappa shape index (κ2) is 2.74. The molecule has 0 aromatic carbocycles. The summed E-state index contributed by atoms with van der Waals surface area (Å²) in [5.41, 5.74) is 1.12. The molecule has 0 aromatic rings. The van der Waals surface area contributed by atoms with E-state index in [1.807, 2.05) is 0 Å². The quantitative estimate of drug-likeness (QED) is 0.523. The van der Waals surface area contributed by atoms with E-state index < -0.39 is 0 Å². The van der Waals surface area contributed by atoms with Gasteiger partial charge in [0.15, 0.2) is 0 Å². The summed E-state index contributed by atoms with van der Waals surface area (Å²) in [7, 11) is 0. The Morgan fingerprint density at radius 3 is 2.23 bits per heavy atom. The van der Waals surface area contributed by atoms with Gasteiger partial charge in [-0.1, -0.05) is 27.7 Å². The highest BCUT2D eigenvalue weighted by atomic mass is 14.5. The molecule has 0 amide bonds. The molecule has 3 fully saturated rings. The minimum absolute atomic E-state index is 0.504. The van der Waals surface area contributed by atoms with E-state index in [4.69, 9.17) is 0 Å². The van der Waals surface area contributed by atoms with Crippen LogP contribution in [0.3, 0.4) is 0 Å². The van der Waals surface area contributed by atoms with E-state index in [-0.39, 0.29) is 0 Å². The summed E-state index contributed by atoms with van der Waals surface area (Å²) in [5, 5.41) is 0. The second-order valence-electron chi connectivity index (χ2n) is 6.76. The van der Waals surface area contributed by atoms with E-state index in [2.05, 4.69) is 27.7 Å². The van der Waals surface area contributed by atoms with Gasteiger partial charge in [0.05, 0.1) is 0 Å². The van der Waals surface area contributed by atoms with Crippen LogP contribution < -0.4 is 0 Å². The Morgan fingerprint density at radius 2 is 1.69 bits per heavy atom. The molecular formula is C13H24. The van der Waals surface area contributed by atoms with E-state index in [0.717, 1.165) is 11.8 Å². The first-order valence-electron chi connectivity index (χ1n) is 5.91. The molecule has 0 spiro atoms. The van der Waals surface area contributed by atoms with Crippen LogP contribution in [0.15, 0.2) is 0 Å². The third-order valence-electron chi connectivity index (χ3n) is 4.99. The Kier molecular flexibility index (Phi) is 2.02. The van der Waals surface area contributed by atoms with Crippen LogP contribution in [-0.2, 0) is 0 Å². The molecule has 0 heteroatoms. The average molecular weight is 180 g/mol. The zero-order valence-electron chi connectivity index (χ0n) is 9.69. The normalized spacial score (nSPS) is 45.2. The largest absolute Gasteiger partial charge is 0.0597 e. The third kappa shape index (κ3) is 1.53. The van der Waals surface area contributed by atoms with Crippen molar-refractivity contribution in [3.8, 4) is 0 Å². The molecular weight excluding hydrogens is 156 g/mol. The van der Waals surface area contributed by atoms with Crippen LogP contribution in [0, 0.1) is 22.7 Å². The Hall–Kier alpha value is 0. The number of fused-ring (bicyclic) bond motifs is 3. The predicted molar refractivity (Wildman–Crippen MR) is 57.6 cm³/mol. The maximum Gasteiger partial charge on any atom is -0.0274 e. The van der Waals surface area contributed by atoms with Gasteiger partial charge in [-0.2, -0.15) is 0 Å². The average Bonchev–Trinajstić information content (AvgIpc) is 2.13. The van der Waals surface area contributed by atoms with Crippen molar-refractivity contribution in [1.29, 1.82) is 0 Å². The summed E-state index contributed by atoms with van der Waals surface area (Å²) in [5.74, 6) is 2.19. The van der Waals surface area contributed by atoms with Gasteiger partial charge in [-0.05, 0) is 54.8 Å². The van der Waals surface area contributed by atoms with Crippen molar-refractivity contribution in [3.63, 3.8) is 0 Å². The molecule has 0 N–H and O–H groups in total. The standard InChI is InChI=1S/C13H24/c1-12(2,3)13(4)6-5-10-7-11(8-10)9-13/h10-11H,5-9H2,1-4H3. The van der Waals surface area contributed by atoms with Crippen LogP contribution in [-0.4, -0.2) is 0 Å². The van der Waals surface area contributed by atoms with Gasteiger partial charge in [0.1, 0.15) is 0 Å². The molecule has 76 valence electrons. The van der Waals surface area contributed by atoms with Crippen LogP contribution in [0.2, 0.25) is 0 Å². The van der Waals surface area contributed by atoms with Gasteiger partial charge >= 0.3 is 0 Å². The van der Waals surface area contributed by atoms with Crippen LogP contribution in [0.5, 0.6) is 0 Å². The molecule has 0 heterocycles.